The van der Waals surface area contributed by atoms with Gasteiger partial charge >= 0.3 is 0 Å². The van der Waals surface area contributed by atoms with Crippen molar-refractivity contribution in [2.24, 2.45) is 0 Å². The summed E-state index contributed by atoms with van der Waals surface area (Å²) in [6.45, 7) is 13.0. The molecule has 0 bridgehead atoms. The zero-order valence-electron chi connectivity index (χ0n) is 20.1. The van der Waals surface area contributed by atoms with E-state index >= 15 is 0 Å². The number of hydrogen-bond acceptors (Lipinski definition) is 2. The maximum Gasteiger partial charge on any atom is 0.262 e. The normalized spacial score (nSPS) is 11.6. The molecule has 0 radical (unpaired) electrons. The molecule has 0 saturated heterocycles. The van der Waals surface area contributed by atoms with Gasteiger partial charge < -0.3 is 10.1 Å². The molecule has 3 rings (SSSR count). The van der Waals surface area contributed by atoms with Gasteiger partial charge in [0.1, 0.15) is 5.75 Å². The Morgan fingerprint density at radius 1 is 0.781 bits per heavy atom. The number of rotatable bonds is 8. The quantitative estimate of drug-likeness (QED) is 0.409. The SMILES string of the molecule is CC(C)c1cccc(C(C)C)c1NC(=O)COc1ccc(C(C)(C)c2ccccc2)cc1. The van der Waals surface area contributed by atoms with Crippen LogP contribution >= 0.6 is 0 Å². The summed E-state index contributed by atoms with van der Waals surface area (Å²) in [5.41, 5.74) is 5.58. The number of carbonyl (C=O) groups is 1. The van der Waals surface area contributed by atoms with E-state index in [4.69, 9.17) is 4.74 Å². The molecule has 0 aliphatic heterocycles. The number of ether oxygens (including phenoxy) is 1. The predicted molar refractivity (Wildman–Crippen MR) is 134 cm³/mol. The van der Waals surface area contributed by atoms with E-state index in [9.17, 15) is 4.79 Å². The van der Waals surface area contributed by atoms with Crippen LogP contribution in [0.15, 0.2) is 72.8 Å². The minimum Gasteiger partial charge on any atom is -0.484 e. The Morgan fingerprint density at radius 2 is 1.31 bits per heavy atom. The molecule has 168 valence electrons. The number of carbonyl (C=O) groups excluding carboxylic acids is 1. The van der Waals surface area contributed by atoms with Gasteiger partial charge in [-0.1, -0.05) is 102 Å². The van der Waals surface area contributed by atoms with Crippen LogP contribution in [0.25, 0.3) is 0 Å². The largest absolute Gasteiger partial charge is 0.484 e. The van der Waals surface area contributed by atoms with Crippen LogP contribution < -0.4 is 10.1 Å². The molecule has 32 heavy (non-hydrogen) atoms. The van der Waals surface area contributed by atoms with Crippen molar-refractivity contribution in [3.63, 3.8) is 0 Å². The van der Waals surface area contributed by atoms with E-state index in [-0.39, 0.29) is 17.9 Å². The molecule has 3 nitrogen and oxygen atoms in total. The van der Waals surface area contributed by atoms with Gasteiger partial charge in [-0.3, -0.25) is 4.79 Å². The van der Waals surface area contributed by atoms with E-state index in [1.54, 1.807) is 0 Å². The van der Waals surface area contributed by atoms with Crippen LogP contribution in [0.3, 0.4) is 0 Å². The minimum atomic E-state index is -0.145. The van der Waals surface area contributed by atoms with Crippen molar-refractivity contribution in [3.05, 3.63) is 95.1 Å². The maximum atomic E-state index is 12.7. The molecule has 0 unspecified atom stereocenters. The van der Waals surface area contributed by atoms with E-state index in [2.05, 4.69) is 101 Å². The van der Waals surface area contributed by atoms with Gasteiger partial charge in [-0.05, 0) is 46.2 Å². The van der Waals surface area contributed by atoms with Crippen LogP contribution in [-0.2, 0) is 10.2 Å². The number of para-hydroxylation sites is 1. The third-order valence-corrected chi connectivity index (χ3v) is 6.08. The molecule has 0 saturated carbocycles. The molecule has 0 atom stereocenters. The van der Waals surface area contributed by atoms with E-state index in [1.165, 1.54) is 11.1 Å². The zero-order valence-corrected chi connectivity index (χ0v) is 20.1. The first kappa shape index (κ1) is 23.6. The van der Waals surface area contributed by atoms with E-state index < -0.39 is 0 Å². The Kier molecular flexibility index (Phi) is 7.40. The van der Waals surface area contributed by atoms with Gasteiger partial charge in [0.2, 0.25) is 0 Å². The molecule has 3 heteroatoms. The summed E-state index contributed by atoms with van der Waals surface area (Å²) >= 11 is 0. The lowest BCUT2D eigenvalue weighted by Crippen LogP contribution is -2.22. The molecule has 0 fully saturated rings. The van der Waals surface area contributed by atoms with Gasteiger partial charge in [0.15, 0.2) is 6.61 Å². The standard InChI is InChI=1S/C29H35NO2/c1-20(2)25-13-10-14-26(21(3)4)28(25)30-27(31)19-32-24-17-15-23(16-18-24)29(5,6)22-11-8-7-9-12-22/h7-18,20-21H,19H2,1-6H3,(H,30,31). The number of nitrogens with one attached hydrogen (secondary N) is 1. The first-order valence-electron chi connectivity index (χ1n) is 11.4. The lowest BCUT2D eigenvalue weighted by atomic mass is 9.78. The molecular formula is C29H35NO2. The topological polar surface area (TPSA) is 38.3 Å². The van der Waals surface area contributed by atoms with Gasteiger partial charge in [0.05, 0.1) is 0 Å². The molecule has 1 N–H and O–H groups in total. The fraction of sp³-hybridized carbons (Fsp3) is 0.345. The molecule has 3 aromatic carbocycles. The van der Waals surface area contributed by atoms with Gasteiger partial charge in [-0.15, -0.1) is 0 Å². The number of anilines is 1. The highest BCUT2D eigenvalue weighted by Gasteiger charge is 2.22. The lowest BCUT2D eigenvalue weighted by molar-refractivity contribution is -0.118. The highest BCUT2D eigenvalue weighted by atomic mass is 16.5. The van der Waals surface area contributed by atoms with Crippen LogP contribution in [0, 0.1) is 0 Å². The summed E-state index contributed by atoms with van der Waals surface area (Å²) in [5, 5.41) is 3.11. The smallest absolute Gasteiger partial charge is 0.262 e. The summed E-state index contributed by atoms with van der Waals surface area (Å²) in [5.74, 6) is 1.19. The van der Waals surface area contributed by atoms with Crippen molar-refractivity contribution in [1.29, 1.82) is 0 Å². The number of amides is 1. The molecule has 0 aromatic heterocycles. The lowest BCUT2D eigenvalue weighted by Gasteiger charge is -2.26. The zero-order chi connectivity index (χ0) is 23.3. The second kappa shape index (κ2) is 10.0. The van der Waals surface area contributed by atoms with Crippen molar-refractivity contribution in [3.8, 4) is 5.75 Å². The highest BCUT2D eigenvalue weighted by Crippen LogP contribution is 2.33. The number of hydrogen-bond donors (Lipinski definition) is 1. The predicted octanol–water partition coefficient (Wildman–Crippen LogP) is 7.28. The first-order chi connectivity index (χ1) is 15.2. The van der Waals surface area contributed by atoms with Gasteiger partial charge in [0.25, 0.3) is 5.91 Å². The average Bonchev–Trinajstić information content (AvgIpc) is 2.78. The van der Waals surface area contributed by atoms with Gasteiger partial charge in [-0.25, -0.2) is 0 Å². The fourth-order valence-electron chi connectivity index (χ4n) is 4.01. The highest BCUT2D eigenvalue weighted by molar-refractivity contribution is 5.93. The van der Waals surface area contributed by atoms with Crippen LogP contribution in [-0.4, -0.2) is 12.5 Å². The Balaban J connectivity index is 1.68. The molecule has 3 aromatic rings. The summed E-state index contributed by atoms with van der Waals surface area (Å²) in [7, 11) is 0. The van der Waals surface area contributed by atoms with E-state index in [0.29, 0.717) is 17.6 Å². The summed E-state index contributed by atoms with van der Waals surface area (Å²) in [6.07, 6.45) is 0. The van der Waals surface area contributed by atoms with Crippen LogP contribution in [0.2, 0.25) is 0 Å². The van der Waals surface area contributed by atoms with Gasteiger partial charge in [-0.2, -0.15) is 0 Å². The Morgan fingerprint density at radius 3 is 1.84 bits per heavy atom. The minimum absolute atomic E-state index is 0.0224. The Hall–Kier alpha value is -3.07. The summed E-state index contributed by atoms with van der Waals surface area (Å²) in [4.78, 5) is 12.7. The summed E-state index contributed by atoms with van der Waals surface area (Å²) < 4.78 is 5.80. The molecular weight excluding hydrogens is 394 g/mol. The summed E-state index contributed by atoms with van der Waals surface area (Å²) in [6, 6.07) is 24.7. The van der Waals surface area contributed by atoms with Crippen LogP contribution in [0.5, 0.6) is 5.75 Å². The second-order valence-corrected chi connectivity index (χ2v) is 9.47. The molecule has 0 aliphatic rings. The van der Waals surface area contributed by atoms with Crippen molar-refractivity contribution in [1.82, 2.24) is 0 Å². The molecule has 0 aliphatic carbocycles. The Bertz CT molecular complexity index is 1010. The molecule has 0 spiro atoms. The first-order valence-corrected chi connectivity index (χ1v) is 11.4. The third kappa shape index (κ3) is 5.40. The average molecular weight is 430 g/mol. The molecule has 1 amide bonds. The van der Waals surface area contributed by atoms with E-state index in [0.717, 1.165) is 16.8 Å². The monoisotopic (exact) mass is 429 g/mol. The molecule has 0 heterocycles. The fourth-order valence-corrected chi connectivity index (χ4v) is 4.01. The van der Waals surface area contributed by atoms with Crippen molar-refractivity contribution < 1.29 is 9.53 Å². The van der Waals surface area contributed by atoms with Crippen molar-refractivity contribution >= 4 is 11.6 Å². The van der Waals surface area contributed by atoms with Crippen LogP contribution in [0.4, 0.5) is 5.69 Å². The van der Waals surface area contributed by atoms with Gasteiger partial charge in [0, 0.05) is 11.1 Å². The number of benzene rings is 3. The maximum absolute atomic E-state index is 12.7. The van der Waals surface area contributed by atoms with Crippen molar-refractivity contribution in [2.75, 3.05) is 11.9 Å². The Labute approximate surface area is 192 Å². The van der Waals surface area contributed by atoms with E-state index in [1.807, 2.05) is 18.2 Å². The van der Waals surface area contributed by atoms with Crippen LogP contribution in [0.1, 0.15) is 75.6 Å². The third-order valence-electron chi connectivity index (χ3n) is 6.08. The van der Waals surface area contributed by atoms with Crippen molar-refractivity contribution in [2.45, 2.75) is 58.8 Å². The second-order valence-electron chi connectivity index (χ2n) is 9.47.